The molecule has 1 atom stereocenters. The fraction of sp³-hybridized carbons (Fsp3) is 0.833. The van der Waals surface area contributed by atoms with E-state index in [1.807, 2.05) is 0 Å². The van der Waals surface area contributed by atoms with Crippen LogP contribution in [0.1, 0.15) is 12.8 Å². The fourth-order valence-corrected chi connectivity index (χ4v) is 1.02. The maximum absolute atomic E-state index is 10.7. The zero-order chi connectivity index (χ0) is 8.97. The van der Waals surface area contributed by atoms with Crippen molar-refractivity contribution in [3.05, 3.63) is 4.91 Å². The lowest BCUT2D eigenvalue weighted by atomic mass is 10.2. The van der Waals surface area contributed by atoms with Crippen LogP contribution in [0.5, 0.6) is 0 Å². The van der Waals surface area contributed by atoms with Gasteiger partial charge in [-0.25, -0.2) is 0 Å². The Morgan fingerprint density at radius 2 is 2.58 bits per heavy atom. The second kappa shape index (κ2) is 4.01. The molecule has 0 aromatic rings. The summed E-state index contributed by atoms with van der Waals surface area (Å²) in [7, 11) is 1.41. The normalized spacial score (nSPS) is 22.1. The van der Waals surface area contributed by atoms with Crippen molar-refractivity contribution in [2.45, 2.75) is 18.9 Å². The van der Waals surface area contributed by atoms with E-state index in [0.29, 0.717) is 13.0 Å². The van der Waals surface area contributed by atoms with Gasteiger partial charge in [0.2, 0.25) is 5.91 Å². The van der Waals surface area contributed by atoms with E-state index in [4.69, 9.17) is 4.84 Å². The first-order valence-electron chi connectivity index (χ1n) is 3.71. The third-order valence-corrected chi connectivity index (χ3v) is 1.66. The lowest BCUT2D eigenvalue weighted by Gasteiger charge is -2.12. The van der Waals surface area contributed by atoms with Gasteiger partial charge in [0.25, 0.3) is 0 Å². The zero-order valence-electron chi connectivity index (χ0n) is 6.82. The fourth-order valence-electron chi connectivity index (χ4n) is 1.02. The smallest absolute Gasteiger partial charge is 0.220 e. The minimum absolute atomic E-state index is 0.0155. The van der Waals surface area contributed by atoms with Gasteiger partial charge in [-0.3, -0.25) is 9.63 Å². The molecule has 1 fully saturated rings. The minimum atomic E-state index is 0.0155. The number of carbonyl (C=O) groups excluding carboxylic acids is 1. The van der Waals surface area contributed by atoms with E-state index >= 15 is 0 Å². The van der Waals surface area contributed by atoms with Crippen molar-refractivity contribution in [2.75, 3.05) is 13.7 Å². The average molecular weight is 173 g/mol. The molecule has 1 N–H and O–H groups in total. The summed E-state index contributed by atoms with van der Waals surface area (Å²) >= 11 is 0. The van der Waals surface area contributed by atoms with E-state index in [1.165, 1.54) is 7.05 Å². The number of amides is 1. The van der Waals surface area contributed by atoms with E-state index in [1.54, 1.807) is 0 Å². The Morgan fingerprint density at radius 1 is 1.83 bits per heavy atom. The number of nitroso groups, excluding NO2 is 1. The molecule has 1 rings (SSSR count). The number of nitrogens with one attached hydrogen (secondary N) is 1. The largest absolute Gasteiger partial charge is 0.351 e. The molecule has 0 radical (unpaired) electrons. The van der Waals surface area contributed by atoms with Crippen LogP contribution in [-0.4, -0.2) is 30.8 Å². The monoisotopic (exact) mass is 173 g/mol. The molecule has 1 amide bonds. The Balaban J connectivity index is 2.15. The number of hydrogen-bond acceptors (Lipinski definition) is 4. The van der Waals surface area contributed by atoms with Gasteiger partial charge >= 0.3 is 0 Å². The molecule has 0 spiro atoms. The summed E-state index contributed by atoms with van der Waals surface area (Å²) in [5.74, 6) is 0.0327. The number of nitrogens with zero attached hydrogens (tertiary/aromatic N) is 2. The summed E-state index contributed by atoms with van der Waals surface area (Å²) < 4.78 is 0. The van der Waals surface area contributed by atoms with Crippen molar-refractivity contribution < 1.29 is 9.63 Å². The van der Waals surface area contributed by atoms with E-state index in [-0.39, 0.29) is 11.9 Å². The maximum atomic E-state index is 10.7. The Kier molecular flexibility index (Phi) is 2.98. The standard InChI is InChI=1S/C6H11N3O3/c1-9(8-11)12-4-5-2-3-6(10)7-5/h5H,2-4H2,1H3,(H,7,10). The van der Waals surface area contributed by atoms with Gasteiger partial charge in [-0.05, 0) is 6.42 Å². The molecule has 6 heteroatoms. The highest BCUT2D eigenvalue weighted by atomic mass is 16.7. The SMILES string of the molecule is CN(N=O)OCC1CCC(=O)N1. The van der Waals surface area contributed by atoms with Gasteiger partial charge in [0, 0.05) is 6.42 Å². The van der Waals surface area contributed by atoms with Crippen molar-refractivity contribution in [3.8, 4) is 0 Å². The van der Waals surface area contributed by atoms with Gasteiger partial charge in [-0.1, -0.05) is 0 Å². The quantitative estimate of drug-likeness (QED) is 0.472. The highest BCUT2D eigenvalue weighted by molar-refractivity contribution is 5.78. The van der Waals surface area contributed by atoms with Gasteiger partial charge in [-0.15, -0.1) is 10.1 Å². The van der Waals surface area contributed by atoms with Gasteiger partial charge in [0.05, 0.1) is 25.0 Å². The Morgan fingerprint density at radius 3 is 3.08 bits per heavy atom. The van der Waals surface area contributed by atoms with Crippen molar-refractivity contribution >= 4 is 5.91 Å². The van der Waals surface area contributed by atoms with Crippen LogP contribution in [0.25, 0.3) is 0 Å². The third-order valence-electron chi connectivity index (χ3n) is 1.66. The average Bonchev–Trinajstić information content (AvgIpc) is 2.47. The lowest BCUT2D eigenvalue weighted by molar-refractivity contribution is -0.147. The molecule has 1 aliphatic rings. The van der Waals surface area contributed by atoms with Crippen LogP contribution in [0.3, 0.4) is 0 Å². The molecule has 1 heterocycles. The molecule has 0 saturated carbocycles. The number of hydrogen-bond donors (Lipinski definition) is 1. The first-order valence-corrected chi connectivity index (χ1v) is 3.71. The van der Waals surface area contributed by atoms with Gasteiger partial charge < -0.3 is 5.32 Å². The molecule has 0 aromatic heterocycles. The summed E-state index contributed by atoms with van der Waals surface area (Å²) in [6, 6.07) is 0.0155. The predicted octanol–water partition coefficient (Wildman–Crippen LogP) is -0.190. The number of carbonyl (C=O) groups is 1. The van der Waals surface area contributed by atoms with Gasteiger partial charge in [0.15, 0.2) is 0 Å². The van der Waals surface area contributed by atoms with Crippen LogP contribution in [-0.2, 0) is 9.63 Å². The maximum Gasteiger partial charge on any atom is 0.220 e. The van der Waals surface area contributed by atoms with Crippen LogP contribution in [0.4, 0.5) is 0 Å². The highest BCUT2D eigenvalue weighted by Crippen LogP contribution is 2.06. The van der Waals surface area contributed by atoms with E-state index in [2.05, 4.69) is 10.6 Å². The van der Waals surface area contributed by atoms with Crippen molar-refractivity contribution in [2.24, 2.45) is 5.29 Å². The first kappa shape index (κ1) is 8.92. The minimum Gasteiger partial charge on any atom is -0.351 e. The van der Waals surface area contributed by atoms with Crippen molar-refractivity contribution in [3.63, 3.8) is 0 Å². The summed E-state index contributed by atoms with van der Waals surface area (Å²) in [5, 5.41) is 6.05. The molecule has 0 aromatic carbocycles. The van der Waals surface area contributed by atoms with Crippen LogP contribution in [0.2, 0.25) is 0 Å². The second-order valence-electron chi connectivity index (χ2n) is 2.64. The summed E-state index contributed by atoms with van der Waals surface area (Å²) in [5.41, 5.74) is 0. The second-order valence-corrected chi connectivity index (χ2v) is 2.64. The molecular formula is C6H11N3O3. The van der Waals surface area contributed by atoms with Crippen LogP contribution >= 0.6 is 0 Å². The van der Waals surface area contributed by atoms with Gasteiger partial charge in [0.1, 0.15) is 0 Å². The third kappa shape index (κ3) is 2.46. The molecule has 1 unspecified atom stereocenters. The van der Waals surface area contributed by atoms with Crippen molar-refractivity contribution in [1.82, 2.24) is 10.5 Å². The number of hydroxylamine groups is 1. The summed E-state index contributed by atoms with van der Waals surface area (Å²) in [6.07, 6.45) is 1.29. The molecule has 1 aliphatic heterocycles. The molecule has 1 saturated heterocycles. The first-order chi connectivity index (χ1) is 5.72. The topological polar surface area (TPSA) is 71.0 Å². The predicted molar refractivity (Wildman–Crippen MR) is 40.7 cm³/mol. The van der Waals surface area contributed by atoms with E-state index in [0.717, 1.165) is 11.6 Å². The summed E-state index contributed by atoms with van der Waals surface area (Å²) in [4.78, 5) is 25.4. The molecular weight excluding hydrogens is 162 g/mol. The van der Waals surface area contributed by atoms with E-state index in [9.17, 15) is 9.70 Å². The van der Waals surface area contributed by atoms with Crippen LogP contribution in [0.15, 0.2) is 5.29 Å². The number of rotatable bonds is 4. The summed E-state index contributed by atoms with van der Waals surface area (Å²) in [6.45, 7) is 0.300. The molecule has 68 valence electrons. The molecule has 0 bridgehead atoms. The molecule has 6 nitrogen and oxygen atoms in total. The Hall–Kier alpha value is -1.17. The Labute approximate surface area is 69.8 Å². The zero-order valence-corrected chi connectivity index (χ0v) is 6.82. The van der Waals surface area contributed by atoms with Crippen LogP contribution in [0, 0.1) is 4.91 Å². The van der Waals surface area contributed by atoms with Crippen molar-refractivity contribution in [1.29, 1.82) is 0 Å². The molecule has 12 heavy (non-hydrogen) atoms. The molecule has 0 aliphatic carbocycles. The van der Waals surface area contributed by atoms with Gasteiger partial charge in [-0.2, -0.15) is 0 Å². The van der Waals surface area contributed by atoms with E-state index < -0.39 is 0 Å². The highest BCUT2D eigenvalue weighted by Gasteiger charge is 2.21. The van der Waals surface area contributed by atoms with Crippen LogP contribution < -0.4 is 5.32 Å². The Bertz CT molecular complexity index is 185. The lowest BCUT2D eigenvalue weighted by Crippen LogP contribution is -2.31.